The Bertz CT molecular complexity index is 628. The second kappa shape index (κ2) is 7.04. The van der Waals surface area contributed by atoms with E-state index in [4.69, 9.17) is 11.6 Å². The highest BCUT2D eigenvalue weighted by molar-refractivity contribution is 9.10. The third-order valence-electron chi connectivity index (χ3n) is 2.88. The fourth-order valence-electron chi connectivity index (χ4n) is 1.78. The molecule has 0 aliphatic carbocycles. The monoisotopic (exact) mass is 372 g/mol. The van der Waals surface area contributed by atoms with Crippen LogP contribution in [0.1, 0.15) is 18.9 Å². The van der Waals surface area contributed by atoms with Gasteiger partial charge in [0.15, 0.2) is 0 Å². The summed E-state index contributed by atoms with van der Waals surface area (Å²) in [6, 6.07) is 2.60. The van der Waals surface area contributed by atoms with Gasteiger partial charge in [-0.05, 0) is 41.4 Å². The maximum Gasteiger partial charge on any atom is 0.138 e. The maximum atomic E-state index is 13.3. The zero-order valence-electron chi connectivity index (χ0n) is 11.7. The largest absolute Gasteiger partial charge is 0.370 e. The molecule has 4 nitrogen and oxygen atoms in total. The molecule has 0 aliphatic rings. The van der Waals surface area contributed by atoms with E-state index in [1.807, 2.05) is 6.92 Å². The Kier molecular flexibility index (Phi) is 5.36. The number of benzene rings is 1. The molecule has 112 valence electrons. The summed E-state index contributed by atoms with van der Waals surface area (Å²) >= 11 is 9.36. The number of halogens is 3. The van der Waals surface area contributed by atoms with Gasteiger partial charge in [-0.3, -0.25) is 0 Å². The smallest absolute Gasteiger partial charge is 0.138 e. The molecule has 1 heterocycles. The molecule has 21 heavy (non-hydrogen) atoms. The van der Waals surface area contributed by atoms with Crippen LogP contribution in [0.5, 0.6) is 0 Å². The Morgan fingerprint density at radius 3 is 2.67 bits per heavy atom. The van der Waals surface area contributed by atoms with E-state index >= 15 is 0 Å². The molecule has 0 amide bonds. The van der Waals surface area contributed by atoms with Gasteiger partial charge in [0, 0.05) is 16.6 Å². The molecule has 7 heteroatoms. The Hall–Kier alpha value is -1.40. The summed E-state index contributed by atoms with van der Waals surface area (Å²) in [5.74, 6) is 0.989. The van der Waals surface area contributed by atoms with Crippen LogP contribution in [0.3, 0.4) is 0 Å². The highest BCUT2D eigenvalue weighted by Gasteiger charge is 2.12. The molecular weight excluding hydrogens is 359 g/mol. The minimum atomic E-state index is -0.401. The van der Waals surface area contributed by atoms with Crippen LogP contribution in [-0.4, -0.2) is 16.5 Å². The van der Waals surface area contributed by atoms with Crippen molar-refractivity contribution in [2.24, 2.45) is 0 Å². The lowest BCUT2D eigenvalue weighted by atomic mass is 10.2. The number of anilines is 3. The van der Waals surface area contributed by atoms with E-state index in [2.05, 4.69) is 43.5 Å². The van der Waals surface area contributed by atoms with E-state index < -0.39 is 5.82 Å². The van der Waals surface area contributed by atoms with Crippen molar-refractivity contribution in [1.29, 1.82) is 0 Å². The van der Waals surface area contributed by atoms with Crippen molar-refractivity contribution in [1.82, 2.24) is 9.97 Å². The lowest BCUT2D eigenvalue weighted by molar-refractivity contribution is 0.627. The Labute approximate surface area is 136 Å². The summed E-state index contributed by atoms with van der Waals surface area (Å²) in [5.41, 5.74) is 1.44. The van der Waals surface area contributed by atoms with Gasteiger partial charge in [-0.25, -0.2) is 14.4 Å². The second-order valence-electron chi connectivity index (χ2n) is 4.49. The summed E-state index contributed by atoms with van der Waals surface area (Å²) < 4.78 is 13.8. The van der Waals surface area contributed by atoms with Crippen LogP contribution >= 0.6 is 27.5 Å². The van der Waals surface area contributed by atoms with Gasteiger partial charge in [0.2, 0.25) is 0 Å². The minimum absolute atomic E-state index is 0.281. The van der Waals surface area contributed by atoms with Crippen molar-refractivity contribution in [2.75, 3.05) is 17.2 Å². The molecule has 0 spiro atoms. The maximum absolute atomic E-state index is 13.3. The highest BCUT2D eigenvalue weighted by Crippen LogP contribution is 2.34. The van der Waals surface area contributed by atoms with E-state index in [9.17, 15) is 4.39 Å². The van der Waals surface area contributed by atoms with Crippen LogP contribution in [0.15, 0.2) is 22.9 Å². The van der Waals surface area contributed by atoms with Crippen molar-refractivity contribution >= 4 is 44.9 Å². The van der Waals surface area contributed by atoms with E-state index in [0.29, 0.717) is 16.0 Å². The van der Waals surface area contributed by atoms with Crippen LogP contribution in [-0.2, 0) is 0 Å². The number of nitrogens with zero attached hydrogens (tertiary/aromatic N) is 2. The zero-order valence-corrected chi connectivity index (χ0v) is 14.0. The Morgan fingerprint density at radius 1 is 1.29 bits per heavy atom. The molecular formula is C14H15BrClFN4. The molecule has 1 aromatic heterocycles. The molecule has 0 radical (unpaired) electrons. The predicted octanol–water partition coefficient (Wildman–Crippen LogP) is 4.91. The zero-order chi connectivity index (χ0) is 15.4. The first-order valence-corrected chi connectivity index (χ1v) is 7.67. The standard InChI is InChI=1S/C14H15BrClFN4/c1-3-4-18-13-8(2)14(20-7-19-13)21-12-10(15)5-9(17)6-11(12)16/h5-7H,3-4H2,1-2H3,(H2,18,19,20,21). The molecule has 0 bridgehead atoms. The normalized spacial score (nSPS) is 10.5. The number of hydrogen-bond acceptors (Lipinski definition) is 4. The first kappa shape index (κ1) is 16.0. The first-order valence-electron chi connectivity index (χ1n) is 6.50. The Morgan fingerprint density at radius 2 is 2.00 bits per heavy atom. The second-order valence-corrected chi connectivity index (χ2v) is 5.75. The fourth-order valence-corrected chi connectivity index (χ4v) is 2.68. The van der Waals surface area contributed by atoms with Crippen LogP contribution in [0, 0.1) is 12.7 Å². The van der Waals surface area contributed by atoms with Crippen molar-refractivity contribution in [3.8, 4) is 0 Å². The van der Waals surface area contributed by atoms with E-state index in [-0.39, 0.29) is 5.02 Å². The van der Waals surface area contributed by atoms with E-state index in [0.717, 1.165) is 24.3 Å². The summed E-state index contributed by atoms with van der Waals surface area (Å²) in [5, 5.41) is 6.63. The molecule has 0 atom stereocenters. The van der Waals surface area contributed by atoms with Crippen molar-refractivity contribution in [3.05, 3.63) is 39.3 Å². The lowest BCUT2D eigenvalue weighted by Crippen LogP contribution is -2.07. The summed E-state index contributed by atoms with van der Waals surface area (Å²) in [7, 11) is 0. The van der Waals surface area contributed by atoms with Gasteiger partial charge in [0.05, 0.1) is 10.7 Å². The highest BCUT2D eigenvalue weighted by atomic mass is 79.9. The summed E-state index contributed by atoms with van der Waals surface area (Å²) in [6.45, 7) is 4.82. The number of nitrogens with one attached hydrogen (secondary N) is 2. The predicted molar refractivity (Wildman–Crippen MR) is 87.9 cm³/mol. The molecule has 2 N–H and O–H groups in total. The fraction of sp³-hybridized carbons (Fsp3) is 0.286. The number of hydrogen-bond donors (Lipinski definition) is 2. The van der Waals surface area contributed by atoms with E-state index in [1.54, 1.807) is 0 Å². The van der Waals surface area contributed by atoms with Gasteiger partial charge < -0.3 is 10.6 Å². The number of aromatic nitrogens is 2. The Balaban J connectivity index is 2.32. The third-order valence-corrected chi connectivity index (χ3v) is 3.80. The van der Waals surface area contributed by atoms with Crippen LogP contribution < -0.4 is 10.6 Å². The molecule has 1 aromatic carbocycles. The van der Waals surface area contributed by atoms with Gasteiger partial charge in [0.1, 0.15) is 23.8 Å². The van der Waals surface area contributed by atoms with Crippen LogP contribution in [0.4, 0.5) is 21.7 Å². The minimum Gasteiger partial charge on any atom is -0.370 e. The van der Waals surface area contributed by atoms with Gasteiger partial charge in [0.25, 0.3) is 0 Å². The lowest BCUT2D eigenvalue weighted by Gasteiger charge is -2.14. The van der Waals surface area contributed by atoms with Gasteiger partial charge in [-0.15, -0.1) is 0 Å². The number of rotatable bonds is 5. The summed E-state index contributed by atoms with van der Waals surface area (Å²) in [6.07, 6.45) is 2.47. The first-order chi connectivity index (χ1) is 10.0. The SMILES string of the molecule is CCCNc1ncnc(Nc2c(Cl)cc(F)cc2Br)c1C. The van der Waals surface area contributed by atoms with Gasteiger partial charge >= 0.3 is 0 Å². The van der Waals surface area contributed by atoms with Crippen LogP contribution in [0.25, 0.3) is 0 Å². The topological polar surface area (TPSA) is 49.8 Å². The molecule has 0 unspecified atom stereocenters. The van der Waals surface area contributed by atoms with Crippen molar-refractivity contribution in [2.45, 2.75) is 20.3 Å². The molecule has 0 fully saturated rings. The molecule has 2 rings (SSSR count). The van der Waals surface area contributed by atoms with E-state index in [1.165, 1.54) is 18.5 Å². The van der Waals surface area contributed by atoms with Crippen LogP contribution in [0.2, 0.25) is 5.02 Å². The van der Waals surface area contributed by atoms with Crippen molar-refractivity contribution in [3.63, 3.8) is 0 Å². The van der Waals surface area contributed by atoms with Gasteiger partial charge in [-0.1, -0.05) is 18.5 Å². The molecule has 0 aliphatic heterocycles. The van der Waals surface area contributed by atoms with Crippen molar-refractivity contribution < 1.29 is 4.39 Å². The average molecular weight is 374 g/mol. The molecule has 0 saturated heterocycles. The van der Waals surface area contributed by atoms with Gasteiger partial charge in [-0.2, -0.15) is 0 Å². The third kappa shape index (κ3) is 3.83. The average Bonchev–Trinajstić information content (AvgIpc) is 2.43. The quantitative estimate of drug-likeness (QED) is 0.782. The summed E-state index contributed by atoms with van der Waals surface area (Å²) in [4.78, 5) is 8.42. The molecule has 0 saturated carbocycles. The molecule has 2 aromatic rings.